The molecule has 0 saturated heterocycles. The zero-order valence-corrected chi connectivity index (χ0v) is 9.90. The summed E-state index contributed by atoms with van der Waals surface area (Å²) >= 11 is 11.1. The molecule has 1 N–H and O–H groups in total. The summed E-state index contributed by atoms with van der Waals surface area (Å²) in [5.41, 5.74) is -0.481. The highest BCUT2D eigenvalue weighted by Gasteiger charge is 2.14. The summed E-state index contributed by atoms with van der Waals surface area (Å²) in [5, 5.41) is 8.54. The van der Waals surface area contributed by atoms with E-state index in [2.05, 4.69) is 20.5 Å². The van der Waals surface area contributed by atoms with E-state index in [1.165, 1.54) is 0 Å². The Bertz CT molecular complexity index is 609. The summed E-state index contributed by atoms with van der Waals surface area (Å²) in [6, 6.07) is 1.15. The molecular weight excluding hydrogens is 292 g/mol. The quantitative estimate of drug-likeness (QED) is 0.863. The van der Waals surface area contributed by atoms with Gasteiger partial charge >= 0.3 is 0 Å². The smallest absolute Gasteiger partial charge is 0.245 e. The average Bonchev–Trinajstić information content (AvgIpc) is 2.30. The molecule has 0 amide bonds. The largest absolute Gasteiger partial charge is 0.335 e. The van der Waals surface area contributed by atoms with Gasteiger partial charge in [-0.1, -0.05) is 11.6 Å². The first kappa shape index (κ1) is 12.8. The summed E-state index contributed by atoms with van der Waals surface area (Å²) in [7, 11) is 0. The first-order chi connectivity index (χ1) is 8.47. The molecule has 94 valence electrons. The van der Waals surface area contributed by atoms with E-state index in [0.29, 0.717) is 6.07 Å². The van der Waals surface area contributed by atoms with Gasteiger partial charge in [0.05, 0.1) is 5.69 Å². The Morgan fingerprint density at radius 3 is 2.50 bits per heavy atom. The minimum absolute atomic E-state index is 0.166. The number of nitrogens with one attached hydrogen (secondary N) is 1. The third-order valence-electron chi connectivity index (χ3n) is 1.87. The van der Waals surface area contributed by atoms with Crippen molar-refractivity contribution < 1.29 is 13.2 Å². The molecule has 0 aliphatic heterocycles. The topological polar surface area (TPSA) is 50.7 Å². The van der Waals surface area contributed by atoms with Gasteiger partial charge in [0.25, 0.3) is 0 Å². The Kier molecular flexibility index (Phi) is 3.53. The summed E-state index contributed by atoms with van der Waals surface area (Å²) in [6.07, 6.45) is 0. The molecule has 0 aliphatic rings. The van der Waals surface area contributed by atoms with E-state index in [-0.39, 0.29) is 16.3 Å². The molecule has 0 fully saturated rings. The lowest BCUT2D eigenvalue weighted by Crippen LogP contribution is -2.02. The molecule has 2 aromatic rings. The molecule has 0 spiro atoms. The van der Waals surface area contributed by atoms with Crippen LogP contribution in [0.3, 0.4) is 0 Å². The number of benzene rings is 1. The first-order valence-corrected chi connectivity index (χ1v) is 5.20. The Balaban J connectivity index is 2.43. The van der Waals surface area contributed by atoms with Crippen molar-refractivity contribution in [3.63, 3.8) is 0 Å². The molecule has 1 aromatic carbocycles. The van der Waals surface area contributed by atoms with Crippen LogP contribution in [0, 0.1) is 17.5 Å². The average molecular weight is 295 g/mol. The van der Waals surface area contributed by atoms with Crippen molar-refractivity contribution >= 4 is 34.7 Å². The van der Waals surface area contributed by atoms with Crippen LogP contribution < -0.4 is 5.32 Å². The highest BCUT2D eigenvalue weighted by atomic mass is 35.5. The predicted octanol–water partition coefficient (Wildman–Crippen LogP) is 3.34. The van der Waals surface area contributed by atoms with E-state index >= 15 is 0 Å². The molecule has 0 bridgehead atoms. The molecule has 0 aliphatic carbocycles. The number of hydrogen-bond acceptors (Lipinski definition) is 4. The molecule has 1 aromatic heterocycles. The second-order valence-corrected chi connectivity index (χ2v) is 3.79. The number of halogens is 5. The van der Waals surface area contributed by atoms with Crippen LogP contribution in [-0.4, -0.2) is 15.2 Å². The maximum absolute atomic E-state index is 13.4. The third kappa shape index (κ3) is 2.62. The van der Waals surface area contributed by atoms with Crippen LogP contribution in [-0.2, 0) is 0 Å². The highest BCUT2D eigenvalue weighted by Crippen LogP contribution is 2.25. The van der Waals surface area contributed by atoms with Crippen molar-refractivity contribution in [1.82, 2.24) is 15.2 Å². The fourth-order valence-electron chi connectivity index (χ4n) is 1.15. The monoisotopic (exact) mass is 294 g/mol. The van der Waals surface area contributed by atoms with Crippen LogP contribution in [0.1, 0.15) is 0 Å². The fourth-order valence-corrected chi connectivity index (χ4v) is 1.40. The van der Waals surface area contributed by atoms with E-state index in [9.17, 15) is 13.2 Å². The van der Waals surface area contributed by atoms with E-state index in [4.69, 9.17) is 23.2 Å². The molecule has 18 heavy (non-hydrogen) atoms. The molecule has 2 rings (SSSR count). The van der Waals surface area contributed by atoms with E-state index in [0.717, 1.165) is 6.07 Å². The molecule has 4 nitrogen and oxygen atoms in total. The lowest BCUT2D eigenvalue weighted by Gasteiger charge is -2.08. The normalized spacial score (nSPS) is 10.5. The van der Waals surface area contributed by atoms with E-state index in [1.807, 2.05) is 0 Å². The Morgan fingerprint density at radius 1 is 1.06 bits per heavy atom. The molecule has 0 radical (unpaired) electrons. The number of aromatic nitrogens is 3. The van der Waals surface area contributed by atoms with Gasteiger partial charge in [0, 0.05) is 12.1 Å². The lowest BCUT2D eigenvalue weighted by molar-refractivity contribution is 0.498. The zero-order valence-electron chi connectivity index (χ0n) is 8.39. The van der Waals surface area contributed by atoms with Crippen LogP contribution >= 0.6 is 23.2 Å². The Labute approximate surface area is 109 Å². The van der Waals surface area contributed by atoms with E-state index < -0.39 is 23.1 Å². The van der Waals surface area contributed by atoms with Crippen molar-refractivity contribution in [1.29, 1.82) is 0 Å². The molecule has 0 atom stereocenters. The van der Waals surface area contributed by atoms with Crippen molar-refractivity contribution in [3.8, 4) is 0 Å². The van der Waals surface area contributed by atoms with Crippen molar-refractivity contribution in [2.24, 2.45) is 0 Å². The standard InChI is InChI=1S/C9H3Cl2F3N4/c10-7-8(16-9(11)18-17-7)15-5-2-3(12)1-4(13)6(5)14/h1-2H,(H,15,16,18). The summed E-state index contributed by atoms with van der Waals surface area (Å²) in [4.78, 5) is 3.61. The van der Waals surface area contributed by atoms with Gasteiger partial charge in [-0.25, -0.2) is 13.2 Å². The molecule has 9 heteroatoms. The minimum Gasteiger partial charge on any atom is -0.335 e. The third-order valence-corrected chi connectivity index (χ3v) is 2.28. The SMILES string of the molecule is Fc1cc(F)c(F)c(Nc2nc(Cl)nnc2Cl)c1. The minimum atomic E-state index is -1.35. The second kappa shape index (κ2) is 4.95. The van der Waals surface area contributed by atoms with Crippen molar-refractivity contribution in [2.45, 2.75) is 0 Å². The van der Waals surface area contributed by atoms with Gasteiger partial charge in [-0.3, -0.25) is 0 Å². The zero-order chi connectivity index (χ0) is 13.3. The Morgan fingerprint density at radius 2 is 1.78 bits per heavy atom. The van der Waals surface area contributed by atoms with Crippen molar-refractivity contribution in [3.05, 3.63) is 40.0 Å². The predicted molar refractivity (Wildman–Crippen MR) is 59.4 cm³/mol. The van der Waals surface area contributed by atoms with Crippen LogP contribution in [0.15, 0.2) is 12.1 Å². The summed E-state index contributed by atoms with van der Waals surface area (Å²) in [5.74, 6) is -3.75. The molecular formula is C9H3Cl2F3N4. The number of rotatable bonds is 2. The lowest BCUT2D eigenvalue weighted by atomic mass is 10.3. The van der Waals surface area contributed by atoms with Gasteiger partial charge in [0.15, 0.2) is 22.6 Å². The van der Waals surface area contributed by atoms with Crippen LogP contribution in [0.25, 0.3) is 0 Å². The van der Waals surface area contributed by atoms with Crippen molar-refractivity contribution in [2.75, 3.05) is 5.32 Å². The highest BCUT2D eigenvalue weighted by molar-refractivity contribution is 6.32. The van der Waals surface area contributed by atoms with Gasteiger partial charge in [-0.2, -0.15) is 4.98 Å². The Hall–Kier alpha value is -1.60. The van der Waals surface area contributed by atoms with Crippen LogP contribution in [0.4, 0.5) is 24.7 Å². The van der Waals surface area contributed by atoms with E-state index in [1.54, 1.807) is 0 Å². The number of anilines is 2. The molecule has 1 heterocycles. The van der Waals surface area contributed by atoms with Crippen LogP contribution in [0.2, 0.25) is 10.4 Å². The van der Waals surface area contributed by atoms with Gasteiger partial charge in [0.2, 0.25) is 5.28 Å². The first-order valence-electron chi connectivity index (χ1n) is 4.44. The number of hydrogen-bond donors (Lipinski definition) is 1. The maximum Gasteiger partial charge on any atom is 0.245 e. The van der Waals surface area contributed by atoms with Gasteiger partial charge in [-0.15, -0.1) is 10.2 Å². The summed E-state index contributed by atoms with van der Waals surface area (Å²) < 4.78 is 39.3. The number of nitrogens with zero attached hydrogens (tertiary/aromatic N) is 3. The van der Waals surface area contributed by atoms with Crippen LogP contribution in [0.5, 0.6) is 0 Å². The van der Waals surface area contributed by atoms with Gasteiger partial charge in [-0.05, 0) is 11.6 Å². The summed E-state index contributed by atoms with van der Waals surface area (Å²) in [6.45, 7) is 0. The molecule has 0 saturated carbocycles. The fraction of sp³-hybridized carbons (Fsp3) is 0. The molecule has 0 unspecified atom stereocenters. The second-order valence-electron chi connectivity index (χ2n) is 3.09. The van der Waals surface area contributed by atoms with Gasteiger partial charge in [0.1, 0.15) is 5.82 Å². The van der Waals surface area contributed by atoms with Gasteiger partial charge < -0.3 is 5.32 Å². The maximum atomic E-state index is 13.4.